The van der Waals surface area contributed by atoms with E-state index in [1.165, 1.54) is 25.7 Å². The van der Waals surface area contributed by atoms with E-state index in [-0.39, 0.29) is 5.91 Å². The van der Waals surface area contributed by atoms with Crippen LogP contribution in [0.4, 0.5) is 0 Å². The van der Waals surface area contributed by atoms with Gasteiger partial charge in [-0.1, -0.05) is 37.8 Å². The molecule has 106 valence electrons. The summed E-state index contributed by atoms with van der Waals surface area (Å²) in [7, 11) is 0. The molecular weight excluding hydrogens is 250 g/mol. The Morgan fingerprint density at radius 3 is 2.60 bits per heavy atom. The number of amides is 1. The number of nitriles is 1. The van der Waals surface area contributed by atoms with Crippen molar-refractivity contribution in [2.45, 2.75) is 50.6 Å². The molecule has 3 N–H and O–H groups in total. The maximum absolute atomic E-state index is 11.7. The molecule has 4 nitrogen and oxygen atoms in total. The smallest absolute Gasteiger partial charge is 0.239 e. The van der Waals surface area contributed by atoms with Gasteiger partial charge in [0.1, 0.15) is 6.04 Å². The molecule has 1 aromatic carbocycles. The highest BCUT2D eigenvalue weighted by atomic mass is 16.1. The number of hydrogen-bond donors (Lipinski definition) is 2. The number of nitrogens with one attached hydrogen (secondary N) is 1. The normalized spacial score (nSPS) is 17.9. The molecule has 1 fully saturated rings. The third-order valence-electron chi connectivity index (χ3n) is 3.89. The fraction of sp³-hybridized carbons (Fsp3) is 0.500. The first-order chi connectivity index (χ1) is 9.70. The molecule has 0 aromatic heterocycles. The molecule has 1 unspecified atom stereocenters. The van der Waals surface area contributed by atoms with Crippen molar-refractivity contribution in [3.8, 4) is 6.07 Å². The van der Waals surface area contributed by atoms with Gasteiger partial charge in [0.15, 0.2) is 0 Å². The van der Waals surface area contributed by atoms with Gasteiger partial charge < -0.3 is 5.73 Å². The highest BCUT2D eigenvalue weighted by Crippen LogP contribution is 2.21. The van der Waals surface area contributed by atoms with Gasteiger partial charge in [-0.05, 0) is 30.5 Å². The standard InChI is InChI=1S/C16H21N3O/c17-11-12-6-5-7-13(10-12)15(16(18)20)19-14-8-3-1-2-4-9-14/h5-7,10,14-15,19H,1-4,8-9H2,(H2,18,20). The SMILES string of the molecule is N#Cc1cccc(C(NC2CCCCCC2)C(N)=O)c1. The van der Waals surface area contributed by atoms with Gasteiger partial charge in [0, 0.05) is 6.04 Å². The Morgan fingerprint density at radius 1 is 1.30 bits per heavy atom. The zero-order valence-corrected chi connectivity index (χ0v) is 11.6. The van der Waals surface area contributed by atoms with Gasteiger partial charge in [-0.3, -0.25) is 10.1 Å². The largest absolute Gasteiger partial charge is 0.368 e. The summed E-state index contributed by atoms with van der Waals surface area (Å²) < 4.78 is 0. The molecule has 4 heteroatoms. The number of nitrogens with zero attached hydrogens (tertiary/aromatic N) is 1. The predicted octanol–water partition coefficient (Wildman–Crippen LogP) is 2.40. The maximum atomic E-state index is 11.7. The molecule has 0 saturated heterocycles. The molecule has 0 heterocycles. The molecule has 0 aliphatic heterocycles. The van der Waals surface area contributed by atoms with Crippen LogP contribution in [0.5, 0.6) is 0 Å². The topological polar surface area (TPSA) is 78.9 Å². The monoisotopic (exact) mass is 271 g/mol. The Labute approximate surface area is 120 Å². The van der Waals surface area contributed by atoms with Crippen molar-refractivity contribution in [1.82, 2.24) is 5.32 Å². The molecule has 1 amide bonds. The molecule has 20 heavy (non-hydrogen) atoms. The summed E-state index contributed by atoms with van der Waals surface area (Å²) in [4.78, 5) is 11.7. The minimum Gasteiger partial charge on any atom is -0.368 e. The number of nitrogens with two attached hydrogens (primary N) is 1. The van der Waals surface area contributed by atoms with E-state index < -0.39 is 6.04 Å². The highest BCUT2D eigenvalue weighted by molar-refractivity contribution is 5.81. The van der Waals surface area contributed by atoms with E-state index in [1.54, 1.807) is 18.2 Å². The summed E-state index contributed by atoms with van der Waals surface area (Å²) in [5, 5.41) is 12.3. The minimum atomic E-state index is -0.508. The predicted molar refractivity (Wildman–Crippen MR) is 77.7 cm³/mol. The van der Waals surface area contributed by atoms with Crippen molar-refractivity contribution in [3.63, 3.8) is 0 Å². The lowest BCUT2D eigenvalue weighted by Crippen LogP contribution is -2.39. The summed E-state index contributed by atoms with van der Waals surface area (Å²) in [6.07, 6.45) is 7.10. The van der Waals surface area contributed by atoms with Gasteiger partial charge in [-0.2, -0.15) is 5.26 Å². The Hall–Kier alpha value is -1.86. The Morgan fingerprint density at radius 2 is 2.00 bits per heavy atom. The lowest BCUT2D eigenvalue weighted by atomic mass is 10.0. The fourth-order valence-corrected chi connectivity index (χ4v) is 2.81. The van der Waals surface area contributed by atoms with Gasteiger partial charge in [0.2, 0.25) is 5.91 Å². The Balaban J connectivity index is 2.13. The highest BCUT2D eigenvalue weighted by Gasteiger charge is 2.22. The maximum Gasteiger partial charge on any atom is 0.239 e. The molecule has 0 radical (unpaired) electrons. The molecule has 1 saturated carbocycles. The molecule has 0 spiro atoms. The van der Waals surface area contributed by atoms with Crippen molar-refractivity contribution in [2.24, 2.45) is 5.73 Å². The van der Waals surface area contributed by atoms with Crippen LogP contribution >= 0.6 is 0 Å². The van der Waals surface area contributed by atoms with E-state index in [0.717, 1.165) is 18.4 Å². The van der Waals surface area contributed by atoms with E-state index in [2.05, 4.69) is 11.4 Å². The molecule has 1 aromatic rings. The number of hydrogen-bond acceptors (Lipinski definition) is 3. The van der Waals surface area contributed by atoms with Crippen LogP contribution in [0.3, 0.4) is 0 Å². The van der Waals surface area contributed by atoms with E-state index >= 15 is 0 Å². The van der Waals surface area contributed by atoms with Crippen LogP contribution < -0.4 is 11.1 Å². The van der Waals surface area contributed by atoms with Crippen LogP contribution in [0.25, 0.3) is 0 Å². The fourth-order valence-electron chi connectivity index (χ4n) is 2.81. The lowest BCUT2D eigenvalue weighted by molar-refractivity contribution is -0.120. The lowest BCUT2D eigenvalue weighted by Gasteiger charge is -2.23. The van der Waals surface area contributed by atoms with Crippen molar-refractivity contribution in [3.05, 3.63) is 35.4 Å². The van der Waals surface area contributed by atoms with Crippen LogP contribution in [0.1, 0.15) is 55.7 Å². The summed E-state index contributed by atoms with van der Waals surface area (Å²) in [5.74, 6) is -0.385. The Kier molecular flexibility index (Phi) is 5.14. The minimum absolute atomic E-state index is 0.334. The van der Waals surface area contributed by atoms with Gasteiger partial charge in [0.05, 0.1) is 11.6 Å². The molecular formula is C16H21N3O. The first-order valence-electron chi connectivity index (χ1n) is 7.26. The number of carbonyl (C=O) groups is 1. The second-order valence-corrected chi connectivity index (χ2v) is 5.43. The van der Waals surface area contributed by atoms with Gasteiger partial charge in [0.25, 0.3) is 0 Å². The summed E-state index contributed by atoms with van der Waals surface area (Å²) in [5.41, 5.74) is 6.86. The first-order valence-corrected chi connectivity index (χ1v) is 7.26. The average Bonchev–Trinajstić information content (AvgIpc) is 2.73. The number of benzene rings is 1. The number of primary amides is 1. The van der Waals surface area contributed by atoms with E-state index in [1.807, 2.05) is 6.07 Å². The van der Waals surface area contributed by atoms with Crippen LogP contribution in [-0.2, 0) is 4.79 Å². The van der Waals surface area contributed by atoms with Crippen LogP contribution in [-0.4, -0.2) is 11.9 Å². The van der Waals surface area contributed by atoms with Crippen LogP contribution in [0.15, 0.2) is 24.3 Å². The molecule has 1 aliphatic rings. The van der Waals surface area contributed by atoms with E-state index in [4.69, 9.17) is 11.0 Å². The van der Waals surface area contributed by atoms with Gasteiger partial charge in [-0.25, -0.2) is 0 Å². The van der Waals surface area contributed by atoms with Crippen molar-refractivity contribution in [2.75, 3.05) is 0 Å². The third kappa shape index (κ3) is 3.82. The van der Waals surface area contributed by atoms with E-state index in [9.17, 15) is 4.79 Å². The Bertz CT molecular complexity index is 499. The summed E-state index contributed by atoms with van der Waals surface area (Å²) in [6, 6.07) is 9.02. The molecule has 1 atom stereocenters. The first kappa shape index (κ1) is 14.5. The number of rotatable bonds is 4. The molecule has 0 bridgehead atoms. The van der Waals surface area contributed by atoms with Crippen LogP contribution in [0, 0.1) is 11.3 Å². The van der Waals surface area contributed by atoms with Crippen molar-refractivity contribution in [1.29, 1.82) is 5.26 Å². The zero-order chi connectivity index (χ0) is 14.4. The molecule has 1 aliphatic carbocycles. The summed E-state index contributed by atoms with van der Waals surface area (Å²) in [6.45, 7) is 0. The average molecular weight is 271 g/mol. The quantitative estimate of drug-likeness (QED) is 0.825. The van der Waals surface area contributed by atoms with Crippen LogP contribution in [0.2, 0.25) is 0 Å². The third-order valence-corrected chi connectivity index (χ3v) is 3.89. The van der Waals surface area contributed by atoms with Gasteiger partial charge >= 0.3 is 0 Å². The number of carbonyl (C=O) groups excluding carboxylic acids is 1. The second kappa shape index (κ2) is 7.06. The second-order valence-electron chi connectivity index (χ2n) is 5.43. The van der Waals surface area contributed by atoms with E-state index in [0.29, 0.717) is 11.6 Å². The van der Waals surface area contributed by atoms with Gasteiger partial charge in [-0.15, -0.1) is 0 Å². The summed E-state index contributed by atoms with van der Waals surface area (Å²) >= 11 is 0. The zero-order valence-electron chi connectivity index (χ0n) is 11.6. The van der Waals surface area contributed by atoms with Crippen molar-refractivity contribution >= 4 is 5.91 Å². The van der Waals surface area contributed by atoms with Crippen molar-refractivity contribution < 1.29 is 4.79 Å². The molecule has 2 rings (SSSR count).